The van der Waals surface area contributed by atoms with Crippen LogP contribution in [0.3, 0.4) is 0 Å². The maximum absolute atomic E-state index is 12.2. The van der Waals surface area contributed by atoms with Crippen LogP contribution in [0.1, 0.15) is 5.56 Å². The number of rotatable bonds is 3. The predicted octanol–water partition coefficient (Wildman–Crippen LogP) is 3.99. The third-order valence-corrected chi connectivity index (χ3v) is 3.90. The van der Waals surface area contributed by atoms with Gasteiger partial charge >= 0.3 is 0 Å². The Hall–Kier alpha value is -1.71. The van der Waals surface area contributed by atoms with Gasteiger partial charge in [0, 0.05) is 28.0 Å². The van der Waals surface area contributed by atoms with Crippen molar-refractivity contribution in [2.75, 3.05) is 23.3 Å². The summed E-state index contributed by atoms with van der Waals surface area (Å²) in [6.07, 6.45) is 0.979. The van der Waals surface area contributed by atoms with E-state index in [9.17, 15) is 4.79 Å². The first-order valence-electron chi connectivity index (χ1n) is 6.70. The highest BCUT2D eigenvalue weighted by atomic mass is 35.5. The molecule has 0 atom stereocenters. The SMILES string of the molecule is O=C(CN1CCc2ccccc21)Nc1cc(Cl)cc(Cl)c1. The zero-order chi connectivity index (χ0) is 14.8. The molecule has 0 aliphatic carbocycles. The Labute approximate surface area is 133 Å². The van der Waals surface area contributed by atoms with Crippen LogP contribution >= 0.6 is 23.2 Å². The molecule has 2 aromatic carbocycles. The van der Waals surface area contributed by atoms with E-state index in [2.05, 4.69) is 16.3 Å². The van der Waals surface area contributed by atoms with Crippen molar-refractivity contribution < 1.29 is 4.79 Å². The number of hydrogen-bond donors (Lipinski definition) is 1. The van der Waals surface area contributed by atoms with Crippen LogP contribution < -0.4 is 10.2 Å². The van der Waals surface area contributed by atoms with Crippen LogP contribution in [-0.2, 0) is 11.2 Å². The molecule has 0 fully saturated rings. The van der Waals surface area contributed by atoms with Crippen molar-refractivity contribution in [3.63, 3.8) is 0 Å². The summed E-state index contributed by atoms with van der Waals surface area (Å²) < 4.78 is 0. The Morgan fingerprint density at radius 3 is 2.62 bits per heavy atom. The van der Waals surface area contributed by atoms with Crippen molar-refractivity contribution in [1.29, 1.82) is 0 Å². The van der Waals surface area contributed by atoms with Gasteiger partial charge in [-0.2, -0.15) is 0 Å². The molecule has 1 N–H and O–H groups in total. The molecule has 2 aromatic rings. The molecule has 0 saturated carbocycles. The Kier molecular flexibility index (Phi) is 4.04. The second kappa shape index (κ2) is 5.96. The lowest BCUT2D eigenvalue weighted by Crippen LogP contribution is -2.31. The first kappa shape index (κ1) is 14.2. The van der Waals surface area contributed by atoms with Crippen LogP contribution in [0.25, 0.3) is 0 Å². The molecule has 0 saturated heterocycles. The Bertz CT molecular complexity index is 667. The average Bonchev–Trinajstić information content (AvgIpc) is 2.81. The van der Waals surface area contributed by atoms with Crippen molar-refractivity contribution in [2.24, 2.45) is 0 Å². The van der Waals surface area contributed by atoms with Crippen LogP contribution in [0.15, 0.2) is 42.5 Å². The molecule has 1 amide bonds. The third-order valence-electron chi connectivity index (χ3n) is 3.46. The lowest BCUT2D eigenvalue weighted by molar-refractivity contribution is -0.115. The number of benzene rings is 2. The van der Waals surface area contributed by atoms with Gasteiger partial charge in [-0.3, -0.25) is 4.79 Å². The fourth-order valence-electron chi connectivity index (χ4n) is 2.57. The molecule has 0 bridgehead atoms. The van der Waals surface area contributed by atoms with Gasteiger partial charge in [-0.05, 0) is 36.2 Å². The maximum Gasteiger partial charge on any atom is 0.243 e. The van der Waals surface area contributed by atoms with Gasteiger partial charge in [0.2, 0.25) is 5.91 Å². The summed E-state index contributed by atoms with van der Waals surface area (Å²) in [4.78, 5) is 14.2. The molecule has 3 nitrogen and oxygen atoms in total. The summed E-state index contributed by atoms with van der Waals surface area (Å²) in [7, 11) is 0. The molecule has 0 unspecified atom stereocenters. The zero-order valence-electron chi connectivity index (χ0n) is 11.3. The van der Waals surface area contributed by atoms with Crippen LogP contribution in [-0.4, -0.2) is 19.0 Å². The van der Waals surface area contributed by atoms with Gasteiger partial charge in [-0.25, -0.2) is 0 Å². The van der Waals surface area contributed by atoms with Crippen LogP contribution in [0.2, 0.25) is 10.0 Å². The number of fused-ring (bicyclic) bond motifs is 1. The summed E-state index contributed by atoms with van der Waals surface area (Å²) in [6.45, 7) is 1.18. The van der Waals surface area contributed by atoms with E-state index in [-0.39, 0.29) is 5.91 Å². The molecule has 1 aliphatic rings. The average molecular weight is 321 g/mol. The largest absolute Gasteiger partial charge is 0.362 e. The van der Waals surface area contributed by atoms with E-state index >= 15 is 0 Å². The first-order valence-corrected chi connectivity index (χ1v) is 7.46. The first-order chi connectivity index (χ1) is 10.1. The van der Waals surface area contributed by atoms with Crippen molar-refractivity contribution in [2.45, 2.75) is 6.42 Å². The number of amides is 1. The van der Waals surface area contributed by atoms with E-state index in [1.807, 2.05) is 18.2 Å². The molecular formula is C16H14Cl2N2O. The summed E-state index contributed by atoms with van der Waals surface area (Å²) in [5, 5.41) is 3.84. The normalized spacial score (nSPS) is 13.1. The second-order valence-electron chi connectivity index (χ2n) is 5.01. The minimum atomic E-state index is -0.0787. The molecular weight excluding hydrogens is 307 g/mol. The predicted molar refractivity (Wildman–Crippen MR) is 87.5 cm³/mol. The highest BCUT2D eigenvalue weighted by Gasteiger charge is 2.20. The molecule has 5 heteroatoms. The van der Waals surface area contributed by atoms with Crippen LogP contribution in [0, 0.1) is 0 Å². The van der Waals surface area contributed by atoms with Gasteiger partial charge in [0.05, 0.1) is 6.54 Å². The van der Waals surface area contributed by atoms with Crippen LogP contribution in [0.5, 0.6) is 0 Å². The molecule has 21 heavy (non-hydrogen) atoms. The molecule has 1 heterocycles. The highest BCUT2D eigenvalue weighted by Crippen LogP contribution is 2.27. The maximum atomic E-state index is 12.2. The fourth-order valence-corrected chi connectivity index (χ4v) is 3.10. The number of para-hydroxylation sites is 1. The van der Waals surface area contributed by atoms with E-state index in [1.54, 1.807) is 18.2 Å². The van der Waals surface area contributed by atoms with Gasteiger partial charge in [0.15, 0.2) is 0 Å². The summed E-state index contributed by atoms with van der Waals surface area (Å²) in [5.74, 6) is -0.0787. The van der Waals surface area contributed by atoms with E-state index in [4.69, 9.17) is 23.2 Å². The van der Waals surface area contributed by atoms with E-state index in [1.165, 1.54) is 5.56 Å². The van der Waals surface area contributed by atoms with Gasteiger partial charge in [0.1, 0.15) is 0 Å². The number of nitrogens with zero attached hydrogens (tertiary/aromatic N) is 1. The van der Waals surface area contributed by atoms with Crippen molar-refractivity contribution in [3.05, 3.63) is 58.1 Å². The monoisotopic (exact) mass is 320 g/mol. The van der Waals surface area contributed by atoms with Gasteiger partial charge in [-0.1, -0.05) is 41.4 Å². The quantitative estimate of drug-likeness (QED) is 0.927. The Morgan fingerprint density at radius 2 is 1.86 bits per heavy atom. The smallest absolute Gasteiger partial charge is 0.243 e. The topological polar surface area (TPSA) is 32.3 Å². The standard InChI is InChI=1S/C16H14Cl2N2O/c17-12-7-13(18)9-14(8-12)19-16(21)10-20-6-5-11-3-1-2-4-15(11)20/h1-4,7-9H,5-6,10H2,(H,19,21). The Morgan fingerprint density at radius 1 is 1.14 bits per heavy atom. The van der Waals surface area contributed by atoms with E-state index in [0.29, 0.717) is 22.3 Å². The van der Waals surface area contributed by atoms with Crippen molar-refractivity contribution >= 4 is 40.5 Å². The molecule has 3 rings (SSSR count). The molecule has 0 radical (unpaired) electrons. The fraction of sp³-hybridized carbons (Fsp3) is 0.188. The zero-order valence-corrected chi connectivity index (χ0v) is 12.8. The minimum absolute atomic E-state index is 0.0787. The Balaban J connectivity index is 1.68. The second-order valence-corrected chi connectivity index (χ2v) is 5.88. The van der Waals surface area contributed by atoms with Crippen LogP contribution in [0.4, 0.5) is 11.4 Å². The molecule has 1 aliphatic heterocycles. The summed E-state index contributed by atoms with van der Waals surface area (Å²) in [5.41, 5.74) is 3.04. The minimum Gasteiger partial charge on any atom is -0.362 e. The van der Waals surface area contributed by atoms with E-state index in [0.717, 1.165) is 18.7 Å². The third kappa shape index (κ3) is 3.31. The summed E-state index contributed by atoms with van der Waals surface area (Å²) in [6, 6.07) is 13.2. The van der Waals surface area contributed by atoms with Gasteiger partial charge in [-0.15, -0.1) is 0 Å². The lowest BCUT2D eigenvalue weighted by Gasteiger charge is -2.18. The number of halogens is 2. The molecule has 108 valence electrons. The molecule has 0 spiro atoms. The van der Waals surface area contributed by atoms with Gasteiger partial charge in [0.25, 0.3) is 0 Å². The molecule has 0 aromatic heterocycles. The number of carbonyl (C=O) groups is 1. The van der Waals surface area contributed by atoms with E-state index < -0.39 is 0 Å². The number of nitrogens with one attached hydrogen (secondary N) is 1. The number of anilines is 2. The highest BCUT2D eigenvalue weighted by molar-refractivity contribution is 6.35. The van der Waals surface area contributed by atoms with Gasteiger partial charge < -0.3 is 10.2 Å². The number of carbonyl (C=O) groups excluding carboxylic acids is 1. The number of hydrogen-bond acceptors (Lipinski definition) is 2. The van der Waals surface area contributed by atoms with Crippen molar-refractivity contribution in [1.82, 2.24) is 0 Å². The lowest BCUT2D eigenvalue weighted by atomic mass is 10.2. The summed E-state index contributed by atoms with van der Waals surface area (Å²) >= 11 is 11.8. The van der Waals surface area contributed by atoms with Crippen molar-refractivity contribution in [3.8, 4) is 0 Å².